The number of amides is 1. The lowest BCUT2D eigenvalue weighted by Gasteiger charge is -2.18. The second kappa shape index (κ2) is 6.77. The highest BCUT2D eigenvalue weighted by molar-refractivity contribution is 7.99. The molecular formula is C13H18FN3OS. The predicted octanol–water partition coefficient (Wildman–Crippen LogP) is 1.79. The third-order valence-electron chi connectivity index (χ3n) is 2.95. The maximum atomic E-state index is 13.5. The van der Waals surface area contributed by atoms with Crippen molar-refractivity contribution >= 4 is 29.0 Å². The minimum Gasteiger partial charge on any atom is -0.399 e. The van der Waals surface area contributed by atoms with E-state index in [9.17, 15) is 9.18 Å². The second-order valence-corrected chi connectivity index (χ2v) is 5.75. The SMILES string of the molecule is Nc1ccc(F)c(NC(=O)CN2CCCSCC2)c1. The highest BCUT2D eigenvalue weighted by atomic mass is 32.2. The van der Waals surface area contributed by atoms with Crippen molar-refractivity contribution in [3.63, 3.8) is 0 Å². The van der Waals surface area contributed by atoms with Crippen molar-refractivity contribution < 1.29 is 9.18 Å². The largest absolute Gasteiger partial charge is 0.399 e. The van der Waals surface area contributed by atoms with E-state index in [1.807, 2.05) is 11.8 Å². The summed E-state index contributed by atoms with van der Waals surface area (Å²) in [6.45, 7) is 2.12. The molecule has 1 fully saturated rings. The van der Waals surface area contributed by atoms with E-state index in [-0.39, 0.29) is 11.6 Å². The topological polar surface area (TPSA) is 58.4 Å². The summed E-state index contributed by atoms with van der Waals surface area (Å²) in [5.41, 5.74) is 6.16. The van der Waals surface area contributed by atoms with Gasteiger partial charge < -0.3 is 11.1 Å². The van der Waals surface area contributed by atoms with Gasteiger partial charge in [-0.25, -0.2) is 4.39 Å². The van der Waals surface area contributed by atoms with Gasteiger partial charge in [0.05, 0.1) is 12.2 Å². The molecule has 1 aliphatic rings. The first kappa shape index (κ1) is 14.1. The highest BCUT2D eigenvalue weighted by Crippen LogP contribution is 2.17. The maximum absolute atomic E-state index is 13.5. The minimum absolute atomic E-state index is 0.147. The van der Waals surface area contributed by atoms with Crippen molar-refractivity contribution in [2.24, 2.45) is 0 Å². The maximum Gasteiger partial charge on any atom is 0.238 e. The molecule has 1 aliphatic heterocycles. The Morgan fingerprint density at radius 2 is 2.26 bits per heavy atom. The van der Waals surface area contributed by atoms with Crippen molar-refractivity contribution in [1.82, 2.24) is 4.90 Å². The number of hydrogen-bond acceptors (Lipinski definition) is 4. The van der Waals surface area contributed by atoms with Crippen LogP contribution in [0.15, 0.2) is 18.2 Å². The fraction of sp³-hybridized carbons (Fsp3) is 0.462. The molecule has 3 N–H and O–H groups in total. The summed E-state index contributed by atoms with van der Waals surface area (Å²) >= 11 is 1.91. The zero-order chi connectivity index (χ0) is 13.7. The van der Waals surface area contributed by atoms with Gasteiger partial charge in [-0.3, -0.25) is 9.69 Å². The Kier molecular flexibility index (Phi) is 5.04. The third kappa shape index (κ3) is 4.40. The zero-order valence-corrected chi connectivity index (χ0v) is 11.5. The summed E-state index contributed by atoms with van der Waals surface area (Å²) in [5, 5.41) is 2.58. The van der Waals surface area contributed by atoms with Crippen LogP contribution < -0.4 is 11.1 Å². The van der Waals surface area contributed by atoms with Gasteiger partial charge in [0.1, 0.15) is 5.82 Å². The molecule has 1 amide bonds. The van der Waals surface area contributed by atoms with Gasteiger partial charge in [-0.15, -0.1) is 0 Å². The second-order valence-electron chi connectivity index (χ2n) is 4.53. The number of anilines is 2. The number of thioether (sulfide) groups is 1. The molecule has 6 heteroatoms. The molecule has 0 spiro atoms. The fourth-order valence-corrected chi connectivity index (χ4v) is 2.91. The summed E-state index contributed by atoms with van der Waals surface area (Å²) in [7, 11) is 0. The molecule has 0 bridgehead atoms. The van der Waals surface area contributed by atoms with Gasteiger partial charge >= 0.3 is 0 Å². The zero-order valence-electron chi connectivity index (χ0n) is 10.7. The Morgan fingerprint density at radius 3 is 3.11 bits per heavy atom. The lowest BCUT2D eigenvalue weighted by Crippen LogP contribution is -2.34. The van der Waals surface area contributed by atoms with Crippen molar-refractivity contribution in [3.05, 3.63) is 24.0 Å². The molecule has 0 aliphatic carbocycles. The first-order valence-corrected chi connectivity index (χ1v) is 7.45. The molecule has 0 unspecified atom stereocenters. The van der Waals surface area contributed by atoms with Crippen LogP contribution in [-0.4, -0.2) is 41.9 Å². The van der Waals surface area contributed by atoms with Gasteiger partial charge in [0.15, 0.2) is 0 Å². The Morgan fingerprint density at radius 1 is 1.42 bits per heavy atom. The van der Waals surface area contributed by atoms with Crippen molar-refractivity contribution in [2.45, 2.75) is 6.42 Å². The predicted molar refractivity (Wildman–Crippen MR) is 77.8 cm³/mol. The van der Waals surface area contributed by atoms with Gasteiger partial charge in [0, 0.05) is 18.0 Å². The number of carbonyl (C=O) groups excluding carboxylic acids is 1. The van der Waals surface area contributed by atoms with E-state index in [0.29, 0.717) is 12.2 Å². The quantitative estimate of drug-likeness (QED) is 0.830. The molecule has 0 atom stereocenters. The Hall–Kier alpha value is -1.27. The van der Waals surface area contributed by atoms with Crippen molar-refractivity contribution in [3.8, 4) is 0 Å². The van der Waals surface area contributed by atoms with Gasteiger partial charge in [-0.1, -0.05) is 0 Å². The summed E-state index contributed by atoms with van der Waals surface area (Å²) in [6, 6.07) is 4.16. The highest BCUT2D eigenvalue weighted by Gasteiger charge is 2.14. The van der Waals surface area contributed by atoms with E-state index in [4.69, 9.17) is 5.73 Å². The monoisotopic (exact) mass is 283 g/mol. The summed E-state index contributed by atoms with van der Waals surface area (Å²) in [6.07, 6.45) is 1.09. The summed E-state index contributed by atoms with van der Waals surface area (Å²) in [5.74, 6) is 1.52. The van der Waals surface area contributed by atoms with Crippen LogP contribution in [0.1, 0.15) is 6.42 Å². The third-order valence-corrected chi connectivity index (χ3v) is 4.00. The first-order valence-electron chi connectivity index (χ1n) is 6.30. The Bertz CT molecular complexity index is 448. The number of halogens is 1. The van der Waals surface area contributed by atoms with Crippen molar-refractivity contribution in [2.75, 3.05) is 42.2 Å². The molecule has 4 nitrogen and oxygen atoms in total. The number of carbonyl (C=O) groups is 1. The average Bonchev–Trinajstić information content (AvgIpc) is 2.62. The van der Waals surface area contributed by atoms with Crippen LogP contribution >= 0.6 is 11.8 Å². The van der Waals surface area contributed by atoms with Crippen LogP contribution in [0, 0.1) is 5.82 Å². The fourth-order valence-electron chi connectivity index (χ4n) is 1.99. The lowest BCUT2D eigenvalue weighted by molar-refractivity contribution is -0.117. The molecule has 0 aromatic heterocycles. The number of nitrogen functional groups attached to an aromatic ring is 1. The van der Waals surface area contributed by atoms with E-state index in [1.165, 1.54) is 18.2 Å². The summed E-state index contributed by atoms with van der Waals surface area (Å²) in [4.78, 5) is 14.0. The lowest BCUT2D eigenvalue weighted by atomic mass is 10.2. The molecule has 0 saturated carbocycles. The van der Waals surface area contributed by atoms with Gasteiger partial charge in [0.2, 0.25) is 5.91 Å². The number of nitrogens with one attached hydrogen (secondary N) is 1. The number of hydrogen-bond donors (Lipinski definition) is 2. The van der Waals surface area contributed by atoms with E-state index >= 15 is 0 Å². The average molecular weight is 283 g/mol. The Balaban J connectivity index is 1.91. The van der Waals surface area contributed by atoms with Crippen LogP contribution in [0.5, 0.6) is 0 Å². The number of nitrogens with zero attached hydrogens (tertiary/aromatic N) is 1. The molecule has 104 valence electrons. The van der Waals surface area contributed by atoms with E-state index in [0.717, 1.165) is 31.0 Å². The van der Waals surface area contributed by atoms with Gasteiger partial charge in [-0.2, -0.15) is 11.8 Å². The normalized spacial score (nSPS) is 16.9. The van der Waals surface area contributed by atoms with Crippen LogP contribution in [0.2, 0.25) is 0 Å². The van der Waals surface area contributed by atoms with E-state index in [1.54, 1.807) is 0 Å². The molecular weight excluding hydrogens is 265 g/mol. The van der Waals surface area contributed by atoms with Crippen LogP contribution in [0.4, 0.5) is 15.8 Å². The van der Waals surface area contributed by atoms with Gasteiger partial charge in [0.25, 0.3) is 0 Å². The first-order chi connectivity index (χ1) is 9.15. The van der Waals surface area contributed by atoms with Gasteiger partial charge in [-0.05, 0) is 36.9 Å². The van der Waals surface area contributed by atoms with Crippen LogP contribution in [0.25, 0.3) is 0 Å². The van der Waals surface area contributed by atoms with Crippen molar-refractivity contribution in [1.29, 1.82) is 0 Å². The van der Waals surface area contributed by atoms with Crippen LogP contribution in [-0.2, 0) is 4.79 Å². The van der Waals surface area contributed by atoms with E-state index in [2.05, 4.69) is 10.2 Å². The smallest absolute Gasteiger partial charge is 0.238 e. The molecule has 1 aromatic rings. The molecule has 1 saturated heterocycles. The number of nitrogens with two attached hydrogens (primary N) is 1. The molecule has 1 aromatic carbocycles. The van der Waals surface area contributed by atoms with E-state index < -0.39 is 5.82 Å². The minimum atomic E-state index is -0.464. The Labute approximate surface area is 116 Å². The standard InChI is InChI=1S/C13H18FN3OS/c14-11-3-2-10(15)8-12(11)16-13(18)9-17-4-1-6-19-7-5-17/h2-3,8H,1,4-7,9,15H2,(H,16,18). The van der Waals surface area contributed by atoms with Crippen LogP contribution in [0.3, 0.4) is 0 Å². The summed E-state index contributed by atoms with van der Waals surface area (Å²) < 4.78 is 13.5. The molecule has 2 rings (SSSR count). The number of rotatable bonds is 3. The molecule has 1 heterocycles. The molecule has 0 radical (unpaired) electrons. The molecule has 19 heavy (non-hydrogen) atoms. The number of benzene rings is 1.